The molecule has 5 rings (SSSR count). The van der Waals surface area contributed by atoms with E-state index in [9.17, 15) is 0 Å². The zero-order valence-electron chi connectivity index (χ0n) is 19.2. The summed E-state index contributed by atoms with van der Waals surface area (Å²) in [6, 6.07) is 0.304. The molecule has 2 aromatic rings. The smallest absolute Gasteiger partial charge is 0.336 e. The van der Waals surface area contributed by atoms with Gasteiger partial charge >= 0.3 is 6.01 Å². The summed E-state index contributed by atoms with van der Waals surface area (Å²) in [5, 5.41) is 7.98. The van der Waals surface area contributed by atoms with Gasteiger partial charge in [-0.25, -0.2) is 14.5 Å². The Hall–Kier alpha value is -2.68. The van der Waals surface area contributed by atoms with E-state index in [1.165, 1.54) is 37.3 Å². The molecule has 3 N–H and O–H groups in total. The fourth-order valence-corrected chi connectivity index (χ4v) is 5.03. The molecule has 9 heteroatoms. The second kappa shape index (κ2) is 8.69. The third kappa shape index (κ3) is 4.05. The molecule has 0 saturated carbocycles. The van der Waals surface area contributed by atoms with E-state index in [1.54, 1.807) is 4.52 Å². The summed E-state index contributed by atoms with van der Waals surface area (Å²) in [4.78, 5) is 16.1. The Bertz CT molecular complexity index is 1030. The van der Waals surface area contributed by atoms with Gasteiger partial charge in [0, 0.05) is 44.7 Å². The van der Waals surface area contributed by atoms with Crippen LogP contribution in [0.1, 0.15) is 51.6 Å². The van der Waals surface area contributed by atoms with Crippen molar-refractivity contribution in [2.75, 3.05) is 38.5 Å². The number of rotatable bonds is 6. The van der Waals surface area contributed by atoms with Gasteiger partial charge in [-0.1, -0.05) is 20.3 Å². The van der Waals surface area contributed by atoms with Crippen LogP contribution in [0.15, 0.2) is 23.0 Å². The average molecular weight is 439 g/mol. The third-order valence-corrected chi connectivity index (χ3v) is 7.11. The number of hydrogen-bond acceptors (Lipinski definition) is 8. The number of ether oxygens (including phenoxy) is 1. The highest BCUT2D eigenvalue weighted by atomic mass is 16.5. The number of fused-ring (bicyclic) bond motifs is 1. The molecule has 3 aliphatic heterocycles. The van der Waals surface area contributed by atoms with Crippen LogP contribution in [0, 0.1) is 11.3 Å². The summed E-state index contributed by atoms with van der Waals surface area (Å²) in [6.07, 6.45) is 10.2. The Morgan fingerprint density at radius 2 is 2.09 bits per heavy atom. The van der Waals surface area contributed by atoms with Gasteiger partial charge in [0.05, 0.1) is 18.5 Å². The van der Waals surface area contributed by atoms with Gasteiger partial charge in [0.1, 0.15) is 5.84 Å². The first-order chi connectivity index (χ1) is 15.6. The monoisotopic (exact) mass is 438 g/mol. The number of unbranched alkanes of at least 4 members (excludes halogenated alkanes) is 1. The van der Waals surface area contributed by atoms with Crippen LogP contribution in [0.5, 0.6) is 6.01 Å². The molecule has 0 aliphatic carbocycles. The summed E-state index contributed by atoms with van der Waals surface area (Å²) in [7, 11) is 0. The second-order valence-corrected chi connectivity index (χ2v) is 9.61. The molecule has 0 aromatic carbocycles. The minimum atomic E-state index is 0.304. The fraction of sp³-hybridized carbons (Fsp3) is 0.652. The van der Waals surface area contributed by atoms with E-state index in [0.29, 0.717) is 35.4 Å². The molecule has 2 fully saturated rings. The van der Waals surface area contributed by atoms with Gasteiger partial charge in [-0.2, -0.15) is 4.98 Å². The number of aromatic nitrogens is 4. The zero-order chi connectivity index (χ0) is 22.1. The first-order valence-corrected chi connectivity index (χ1v) is 11.9. The molecule has 32 heavy (non-hydrogen) atoms. The van der Waals surface area contributed by atoms with Gasteiger partial charge in [-0.3, -0.25) is 0 Å². The third-order valence-electron chi connectivity index (χ3n) is 7.11. The standard InChI is InChI=1S/C23H34N8O/c1-3-4-9-32-22-28-19(24)21-27-13-18(31(21)29-22)11-17-10-16(2)20(26-12-17)30-7-5-23(6-8-30)14-25-15-23/h12-13,16,25H,3-11,14-15H2,1-2H3,(H2,24,28,29). The Morgan fingerprint density at radius 3 is 2.78 bits per heavy atom. The molecule has 172 valence electrons. The lowest BCUT2D eigenvalue weighted by Crippen LogP contribution is -2.59. The quantitative estimate of drug-likeness (QED) is 0.667. The van der Waals surface area contributed by atoms with Crippen molar-refractivity contribution in [1.82, 2.24) is 29.8 Å². The minimum absolute atomic E-state index is 0.304. The largest absolute Gasteiger partial charge is 0.462 e. The first-order valence-electron chi connectivity index (χ1n) is 11.9. The van der Waals surface area contributed by atoms with Crippen molar-refractivity contribution in [2.24, 2.45) is 16.3 Å². The molecule has 2 saturated heterocycles. The highest BCUT2D eigenvalue weighted by Gasteiger charge is 2.40. The number of likely N-dealkylation sites (tertiary alicyclic amines) is 1. The summed E-state index contributed by atoms with van der Waals surface area (Å²) in [5.41, 5.74) is 9.49. The van der Waals surface area contributed by atoms with E-state index in [4.69, 9.17) is 15.5 Å². The van der Waals surface area contributed by atoms with Gasteiger partial charge in [0.2, 0.25) is 0 Å². The highest BCUT2D eigenvalue weighted by molar-refractivity contribution is 5.86. The zero-order valence-corrected chi connectivity index (χ0v) is 19.2. The number of hydrogen-bond donors (Lipinski definition) is 2. The fourth-order valence-electron chi connectivity index (χ4n) is 5.03. The number of aliphatic imine (C=N–C) groups is 1. The maximum Gasteiger partial charge on any atom is 0.336 e. The molecule has 1 unspecified atom stereocenters. The van der Waals surface area contributed by atoms with Crippen molar-refractivity contribution in [3.05, 3.63) is 23.7 Å². The van der Waals surface area contributed by atoms with Gasteiger partial charge in [-0.15, -0.1) is 5.10 Å². The van der Waals surface area contributed by atoms with Crippen LogP contribution in [0.2, 0.25) is 0 Å². The Morgan fingerprint density at radius 1 is 1.28 bits per heavy atom. The van der Waals surface area contributed by atoms with E-state index >= 15 is 0 Å². The number of nitrogens with zero attached hydrogens (tertiary/aromatic N) is 6. The van der Waals surface area contributed by atoms with Gasteiger partial charge < -0.3 is 20.7 Å². The number of amidine groups is 1. The predicted molar refractivity (Wildman–Crippen MR) is 125 cm³/mol. The number of anilines is 1. The molecule has 2 aromatic heterocycles. The number of allylic oxidation sites excluding steroid dienone is 1. The van der Waals surface area contributed by atoms with E-state index in [0.717, 1.165) is 44.5 Å². The molecule has 0 amide bonds. The van der Waals surface area contributed by atoms with Crippen LogP contribution in [0.4, 0.5) is 5.82 Å². The first kappa shape index (κ1) is 21.2. The van der Waals surface area contributed by atoms with Crippen LogP contribution < -0.4 is 15.8 Å². The van der Waals surface area contributed by atoms with Gasteiger partial charge in [-0.05, 0) is 36.7 Å². The number of nitrogens with two attached hydrogens (primary N) is 1. The van der Waals surface area contributed by atoms with Crippen molar-refractivity contribution in [1.29, 1.82) is 0 Å². The van der Waals surface area contributed by atoms with E-state index in [2.05, 4.69) is 39.1 Å². The van der Waals surface area contributed by atoms with E-state index < -0.39 is 0 Å². The van der Waals surface area contributed by atoms with Crippen LogP contribution >= 0.6 is 0 Å². The Balaban J connectivity index is 1.29. The Kier molecular flexibility index (Phi) is 5.75. The minimum Gasteiger partial charge on any atom is -0.462 e. The molecule has 1 atom stereocenters. The summed E-state index contributed by atoms with van der Waals surface area (Å²) in [5.74, 6) is 2.00. The summed E-state index contributed by atoms with van der Waals surface area (Å²) in [6.45, 7) is 9.61. The predicted octanol–water partition coefficient (Wildman–Crippen LogP) is 2.44. The lowest BCUT2D eigenvalue weighted by atomic mass is 9.73. The van der Waals surface area contributed by atoms with Crippen LogP contribution in [-0.4, -0.2) is 63.1 Å². The highest BCUT2D eigenvalue weighted by Crippen LogP contribution is 2.36. The molecule has 1 spiro atoms. The molecule has 0 radical (unpaired) electrons. The average Bonchev–Trinajstić information content (AvgIpc) is 3.16. The molecule has 5 heterocycles. The maximum atomic E-state index is 6.10. The van der Waals surface area contributed by atoms with Crippen LogP contribution in [0.3, 0.4) is 0 Å². The van der Waals surface area contributed by atoms with E-state index in [-0.39, 0.29) is 0 Å². The number of nitrogens with one attached hydrogen (secondary N) is 1. The van der Waals surface area contributed by atoms with Gasteiger partial charge in [0.25, 0.3) is 0 Å². The second-order valence-electron chi connectivity index (χ2n) is 9.61. The topological polar surface area (TPSA) is 106 Å². The van der Waals surface area contributed by atoms with Gasteiger partial charge in [0.15, 0.2) is 11.5 Å². The number of nitrogen functional groups attached to an aromatic ring is 1. The number of piperidine rings is 1. The van der Waals surface area contributed by atoms with Crippen LogP contribution in [0.25, 0.3) is 5.65 Å². The Labute approximate surface area is 189 Å². The SMILES string of the molecule is CCCCOc1nc(N)c2ncc(CC3=CN=C(N4CCC5(CC4)CNC5)C(C)C3)n2n1. The summed E-state index contributed by atoms with van der Waals surface area (Å²) >= 11 is 0. The lowest BCUT2D eigenvalue weighted by molar-refractivity contribution is 0.0809. The molecular weight excluding hydrogens is 404 g/mol. The van der Waals surface area contributed by atoms with Crippen molar-refractivity contribution < 1.29 is 4.74 Å². The molecular formula is C23H34N8O. The molecule has 9 nitrogen and oxygen atoms in total. The molecule has 3 aliphatic rings. The van der Waals surface area contributed by atoms with E-state index in [1.807, 2.05) is 12.4 Å². The molecule has 0 bridgehead atoms. The number of imidazole rings is 1. The normalized spacial score (nSPS) is 22.6. The maximum absolute atomic E-state index is 6.10. The van der Waals surface area contributed by atoms with Crippen molar-refractivity contribution in [3.63, 3.8) is 0 Å². The summed E-state index contributed by atoms with van der Waals surface area (Å²) < 4.78 is 7.45. The lowest BCUT2D eigenvalue weighted by Gasteiger charge is -2.49. The van der Waals surface area contributed by atoms with Crippen molar-refractivity contribution in [3.8, 4) is 6.01 Å². The van der Waals surface area contributed by atoms with Crippen LogP contribution in [-0.2, 0) is 6.42 Å². The van der Waals surface area contributed by atoms with Crippen molar-refractivity contribution >= 4 is 17.3 Å². The van der Waals surface area contributed by atoms with Crippen molar-refractivity contribution in [2.45, 2.75) is 52.4 Å².